The van der Waals surface area contributed by atoms with Gasteiger partial charge in [-0.3, -0.25) is 4.79 Å². The molecule has 1 saturated carbocycles. The fourth-order valence-corrected chi connectivity index (χ4v) is 6.35. The molecule has 36 heavy (non-hydrogen) atoms. The van der Waals surface area contributed by atoms with E-state index in [1.54, 1.807) is 30.3 Å². The predicted octanol–water partition coefficient (Wildman–Crippen LogP) is 6.75. The zero-order chi connectivity index (χ0) is 25.1. The SMILES string of the molecule is CC1(OCCNC2CCCCC2)C=CC(C(=O)c2c(-c3ccc(O)cc3)sc3cc(O)ccc23)=CC1. The van der Waals surface area contributed by atoms with Gasteiger partial charge in [0.2, 0.25) is 0 Å². The fraction of sp³-hybridized carbons (Fsp3) is 0.367. The second-order valence-corrected chi connectivity index (χ2v) is 11.1. The molecule has 0 saturated heterocycles. The van der Waals surface area contributed by atoms with Crippen molar-refractivity contribution in [3.05, 3.63) is 71.8 Å². The van der Waals surface area contributed by atoms with Crippen molar-refractivity contribution in [2.24, 2.45) is 0 Å². The Labute approximate surface area is 216 Å². The number of nitrogens with one attached hydrogen (secondary N) is 1. The number of hydrogen-bond donors (Lipinski definition) is 3. The Morgan fingerprint density at radius 3 is 2.56 bits per heavy atom. The fourth-order valence-electron chi connectivity index (χ4n) is 5.12. The van der Waals surface area contributed by atoms with E-state index in [-0.39, 0.29) is 17.3 Å². The third-order valence-corrected chi connectivity index (χ3v) is 8.41. The minimum absolute atomic E-state index is 0.0488. The first-order valence-electron chi connectivity index (χ1n) is 12.8. The van der Waals surface area contributed by atoms with E-state index in [2.05, 4.69) is 12.2 Å². The second-order valence-electron chi connectivity index (χ2n) is 10.0. The first-order chi connectivity index (χ1) is 17.4. The molecule has 0 spiro atoms. The van der Waals surface area contributed by atoms with Crippen molar-refractivity contribution in [3.8, 4) is 21.9 Å². The molecular formula is C30H33NO4S. The van der Waals surface area contributed by atoms with Crippen molar-refractivity contribution in [3.63, 3.8) is 0 Å². The van der Waals surface area contributed by atoms with Gasteiger partial charge in [0.05, 0.1) is 12.2 Å². The number of aromatic hydroxyl groups is 2. The zero-order valence-corrected chi connectivity index (χ0v) is 21.4. The molecular weight excluding hydrogens is 470 g/mol. The largest absolute Gasteiger partial charge is 0.508 e. The maximum Gasteiger partial charge on any atom is 0.194 e. The summed E-state index contributed by atoms with van der Waals surface area (Å²) in [5.74, 6) is 0.298. The van der Waals surface area contributed by atoms with Gasteiger partial charge in [0, 0.05) is 38.7 Å². The molecule has 1 fully saturated rings. The number of thiophene rings is 1. The van der Waals surface area contributed by atoms with Crippen LogP contribution in [0.3, 0.4) is 0 Å². The minimum atomic E-state index is -0.430. The summed E-state index contributed by atoms with van der Waals surface area (Å²) < 4.78 is 7.06. The van der Waals surface area contributed by atoms with E-state index in [4.69, 9.17) is 4.74 Å². The van der Waals surface area contributed by atoms with E-state index in [0.717, 1.165) is 27.1 Å². The molecule has 0 aliphatic heterocycles. The van der Waals surface area contributed by atoms with Crippen molar-refractivity contribution < 1.29 is 19.7 Å². The Morgan fingerprint density at radius 1 is 1.08 bits per heavy atom. The highest BCUT2D eigenvalue weighted by atomic mass is 32.1. The Morgan fingerprint density at radius 2 is 1.83 bits per heavy atom. The van der Waals surface area contributed by atoms with Gasteiger partial charge in [-0.1, -0.05) is 37.5 Å². The third-order valence-electron chi connectivity index (χ3n) is 7.21. The summed E-state index contributed by atoms with van der Waals surface area (Å²) in [5.41, 5.74) is 1.69. The minimum Gasteiger partial charge on any atom is -0.508 e. The molecule has 188 valence electrons. The van der Waals surface area contributed by atoms with E-state index in [9.17, 15) is 15.0 Å². The van der Waals surface area contributed by atoms with Crippen LogP contribution in [0.25, 0.3) is 20.5 Å². The van der Waals surface area contributed by atoms with Crippen LogP contribution in [0, 0.1) is 0 Å². The van der Waals surface area contributed by atoms with E-state index in [0.29, 0.717) is 30.2 Å². The number of ether oxygens (including phenoxy) is 1. The smallest absolute Gasteiger partial charge is 0.194 e. The van der Waals surface area contributed by atoms with Gasteiger partial charge in [-0.2, -0.15) is 0 Å². The summed E-state index contributed by atoms with van der Waals surface area (Å²) >= 11 is 1.47. The number of phenolic OH excluding ortho intramolecular Hbond substituents is 2. The second kappa shape index (κ2) is 10.6. The molecule has 1 aromatic heterocycles. The molecule has 5 nitrogen and oxygen atoms in total. The van der Waals surface area contributed by atoms with Crippen LogP contribution >= 0.6 is 11.3 Å². The van der Waals surface area contributed by atoms with Gasteiger partial charge in [-0.15, -0.1) is 11.3 Å². The van der Waals surface area contributed by atoms with Crippen LogP contribution in [0.5, 0.6) is 11.5 Å². The number of fused-ring (bicyclic) bond motifs is 1. The number of rotatable bonds is 8. The number of hydrogen-bond acceptors (Lipinski definition) is 6. The number of allylic oxidation sites excluding steroid dienone is 2. The van der Waals surface area contributed by atoms with E-state index in [1.807, 2.05) is 30.4 Å². The lowest BCUT2D eigenvalue weighted by molar-refractivity contribution is 0.00748. The Bertz CT molecular complexity index is 1300. The van der Waals surface area contributed by atoms with Crippen LogP contribution in [0.4, 0.5) is 0 Å². The summed E-state index contributed by atoms with van der Waals surface area (Å²) in [6.07, 6.45) is 13.0. The number of carbonyl (C=O) groups is 1. The Kier molecular flexibility index (Phi) is 7.28. The lowest BCUT2D eigenvalue weighted by atomic mass is 9.89. The summed E-state index contributed by atoms with van der Waals surface area (Å²) in [4.78, 5) is 14.6. The molecule has 1 heterocycles. The molecule has 1 atom stereocenters. The van der Waals surface area contributed by atoms with Gasteiger partial charge in [0.15, 0.2) is 5.78 Å². The van der Waals surface area contributed by atoms with Gasteiger partial charge in [0.1, 0.15) is 11.5 Å². The van der Waals surface area contributed by atoms with Crippen LogP contribution in [0.15, 0.2) is 66.3 Å². The normalized spacial score (nSPS) is 20.5. The van der Waals surface area contributed by atoms with E-state index < -0.39 is 5.60 Å². The molecule has 2 aromatic carbocycles. The molecule has 3 aromatic rings. The molecule has 1 unspecified atom stereocenters. The summed E-state index contributed by atoms with van der Waals surface area (Å²) in [7, 11) is 0. The molecule has 0 bridgehead atoms. The number of Topliss-reactive ketones (excluding diaryl/α,β-unsaturated/α-hetero) is 1. The molecule has 6 heteroatoms. The number of phenols is 2. The standard InChI is InChI=1S/C30H33NO4S/c1-30(35-18-17-31-22-5-3-2-4-6-22)15-13-20(14-16-30)28(34)27-25-12-11-24(33)19-26(25)36-29(27)21-7-9-23(32)10-8-21/h7-15,19,22,31-33H,2-6,16-18H2,1H3. The maximum atomic E-state index is 13.8. The van der Waals surface area contributed by atoms with Gasteiger partial charge in [0.25, 0.3) is 0 Å². The highest BCUT2D eigenvalue weighted by molar-refractivity contribution is 7.22. The van der Waals surface area contributed by atoms with Crippen molar-refractivity contribution in [2.75, 3.05) is 13.2 Å². The summed E-state index contributed by atoms with van der Waals surface area (Å²) in [5, 5.41) is 24.2. The number of carbonyl (C=O) groups excluding carboxylic acids is 1. The Balaban J connectivity index is 1.31. The molecule has 0 radical (unpaired) electrons. The Hall–Kier alpha value is -2.93. The molecule has 3 N–H and O–H groups in total. The summed E-state index contributed by atoms with van der Waals surface area (Å²) in [6.45, 7) is 3.54. The quantitative estimate of drug-likeness (QED) is 0.234. The molecule has 0 amide bonds. The highest BCUT2D eigenvalue weighted by Crippen LogP contribution is 2.42. The summed E-state index contributed by atoms with van der Waals surface area (Å²) in [6, 6.07) is 12.6. The van der Waals surface area contributed by atoms with E-state index in [1.165, 1.54) is 43.4 Å². The van der Waals surface area contributed by atoms with Gasteiger partial charge < -0.3 is 20.3 Å². The monoisotopic (exact) mass is 503 g/mol. The van der Waals surface area contributed by atoms with Crippen molar-refractivity contribution in [1.29, 1.82) is 0 Å². The first-order valence-corrected chi connectivity index (χ1v) is 13.6. The average molecular weight is 504 g/mol. The van der Waals surface area contributed by atoms with Crippen LogP contribution in [-0.4, -0.2) is 40.8 Å². The van der Waals surface area contributed by atoms with Crippen molar-refractivity contribution in [1.82, 2.24) is 5.32 Å². The van der Waals surface area contributed by atoms with Gasteiger partial charge in [-0.05, 0) is 74.2 Å². The van der Waals surface area contributed by atoms with Gasteiger partial charge in [-0.25, -0.2) is 0 Å². The lowest BCUT2D eigenvalue weighted by Crippen LogP contribution is -2.36. The van der Waals surface area contributed by atoms with Crippen molar-refractivity contribution in [2.45, 2.75) is 57.1 Å². The van der Waals surface area contributed by atoms with Gasteiger partial charge >= 0.3 is 0 Å². The molecule has 2 aliphatic rings. The van der Waals surface area contributed by atoms with Crippen LogP contribution in [0.2, 0.25) is 0 Å². The maximum absolute atomic E-state index is 13.8. The predicted molar refractivity (Wildman–Crippen MR) is 146 cm³/mol. The molecule has 2 aliphatic carbocycles. The lowest BCUT2D eigenvalue weighted by Gasteiger charge is -2.29. The highest BCUT2D eigenvalue weighted by Gasteiger charge is 2.28. The van der Waals surface area contributed by atoms with E-state index >= 15 is 0 Å². The van der Waals surface area contributed by atoms with Crippen LogP contribution in [-0.2, 0) is 4.74 Å². The van der Waals surface area contributed by atoms with Crippen LogP contribution < -0.4 is 5.32 Å². The van der Waals surface area contributed by atoms with Crippen molar-refractivity contribution >= 4 is 27.2 Å². The molecule has 5 rings (SSSR count). The van der Waals surface area contributed by atoms with Crippen LogP contribution in [0.1, 0.15) is 55.8 Å². The first kappa shape index (κ1) is 24.8. The number of ketones is 1. The average Bonchev–Trinajstić information content (AvgIpc) is 3.26. The third kappa shape index (κ3) is 5.41. The number of benzene rings is 2. The zero-order valence-electron chi connectivity index (χ0n) is 20.6. The topological polar surface area (TPSA) is 78.8 Å².